The second kappa shape index (κ2) is 11.1. The minimum absolute atomic E-state index is 0.166. The average molecular weight is 407 g/mol. The van der Waals surface area contributed by atoms with E-state index in [1.165, 1.54) is 56.2 Å². The summed E-state index contributed by atoms with van der Waals surface area (Å²) in [4.78, 5) is 0. The van der Waals surface area contributed by atoms with Crippen molar-refractivity contribution in [2.75, 3.05) is 0 Å². The maximum atomic E-state index is 14.3. The van der Waals surface area contributed by atoms with Crippen LogP contribution in [0.3, 0.4) is 0 Å². The molecule has 0 radical (unpaired) electrons. The van der Waals surface area contributed by atoms with E-state index in [0.29, 0.717) is 11.5 Å². The van der Waals surface area contributed by atoms with Crippen molar-refractivity contribution in [3.63, 3.8) is 0 Å². The number of rotatable bonds is 6. The van der Waals surface area contributed by atoms with Crippen LogP contribution in [0, 0.1) is 29.4 Å². The van der Waals surface area contributed by atoms with E-state index in [1.54, 1.807) is 6.08 Å². The minimum atomic E-state index is -0.612. The summed E-state index contributed by atoms with van der Waals surface area (Å²) >= 11 is 0. The highest BCUT2D eigenvalue weighted by atomic mass is 19.1. The van der Waals surface area contributed by atoms with Crippen LogP contribution in [0.1, 0.15) is 93.4 Å². The zero-order valence-electron chi connectivity index (χ0n) is 18.2. The summed E-state index contributed by atoms with van der Waals surface area (Å²) in [6.45, 7) is 4.33. The topological polar surface area (TPSA) is 0 Å². The Morgan fingerprint density at radius 3 is 2.17 bits per heavy atom. The van der Waals surface area contributed by atoms with Gasteiger partial charge in [-0.15, -0.1) is 0 Å². The molecule has 3 rings (SSSR count). The summed E-state index contributed by atoms with van der Waals surface area (Å²) in [7, 11) is 0. The smallest absolute Gasteiger partial charge is 0.142 e. The van der Waals surface area contributed by atoms with Gasteiger partial charge in [0.1, 0.15) is 11.6 Å². The number of halogens is 2. The van der Waals surface area contributed by atoms with E-state index in [9.17, 15) is 8.78 Å². The van der Waals surface area contributed by atoms with E-state index < -0.39 is 11.6 Å². The number of unbranched alkanes of at least 4 members (excludes halogenated alkanes) is 1. The lowest BCUT2D eigenvalue weighted by atomic mass is 9.77. The largest absolute Gasteiger partial charge is 0.205 e. The van der Waals surface area contributed by atoms with Gasteiger partial charge in [0.2, 0.25) is 0 Å². The van der Waals surface area contributed by atoms with Gasteiger partial charge in [-0.1, -0.05) is 69.2 Å². The first kappa shape index (κ1) is 22.3. The third-order valence-corrected chi connectivity index (χ3v) is 6.09. The first-order chi connectivity index (χ1) is 14.6. The van der Waals surface area contributed by atoms with Gasteiger partial charge in [-0.2, -0.15) is 0 Å². The van der Waals surface area contributed by atoms with Crippen LogP contribution in [0.15, 0.2) is 42.5 Å². The summed E-state index contributed by atoms with van der Waals surface area (Å²) in [5, 5.41) is 0. The number of hydrogen-bond donors (Lipinski definition) is 0. The van der Waals surface area contributed by atoms with Gasteiger partial charge in [-0.25, -0.2) is 8.78 Å². The van der Waals surface area contributed by atoms with E-state index in [2.05, 4.69) is 37.8 Å². The molecule has 0 unspecified atom stereocenters. The molecule has 0 spiro atoms. The third kappa shape index (κ3) is 6.05. The second-order valence-electron chi connectivity index (χ2n) is 8.43. The zero-order valence-corrected chi connectivity index (χ0v) is 18.2. The minimum Gasteiger partial charge on any atom is -0.205 e. The second-order valence-corrected chi connectivity index (χ2v) is 8.43. The standard InChI is InChI=1S/C28H32F2/c1-3-5-6-8-23-19-27(29)26(28(30)20-23)18-13-22-11-16-25(17-12-22)24-14-9-21(7-4-2)10-15-24/h6,8,11-12,16-17,19-21,24H,3-5,7,9-10,14-15H2,1-2H3/b8-6+. The molecule has 0 amide bonds. The lowest BCUT2D eigenvalue weighted by Gasteiger charge is -2.28. The molecule has 0 saturated heterocycles. The first-order valence-corrected chi connectivity index (χ1v) is 11.4. The molecule has 0 aromatic heterocycles. The Balaban J connectivity index is 1.67. The molecule has 0 N–H and O–H groups in total. The Morgan fingerprint density at radius 1 is 0.900 bits per heavy atom. The van der Waals surface area contributed by atoms with Crippen LogP contribution in [0.4, 0.5) is 8.78 Å². The molecular formula is C28H32F2. The predicted molar refractivity (Wildman–Crippen MR) is 122 cm³/mol. The Hall–Kier alpha value is -2.40. The van der Waals surface area contributed by atoms with Crippen LogP contribution in [0.5, 0.6) is 0 Å². The molecule has 2 aromatic rings. The molecule has 0 nitrogen and oxygen atoms in total. The Bertz CT molecular complexity index is 881. The maximum Gasteiger partial charge on any atom is 0.142 e. The number of benzene rings is 2. The van der Waals surface area contributed by atoms with Crippen LogP contribution < -0.4 is 0 Å². The Kier molecular flexibility index (Phi) is 8.26. The monoisotopic (exact) mass is 406 g/mol. The molecule has 1 fully saturated rings. The third-order valence-electron chi connectivity index (χ3n) is 6.09. The van der Waals surface area contributed by atoms with Crippen molar-refractivity contribution in [3.8, 4) is 11.8 Å². The van der Waals surface area contributed by atoms with E-state index in [1.807, 2.05) is 18.2 Å². The van der Waals surface area contributed by atoms with E-state index >= 15 is 0 Å². The highest BCUT2D eigenvalue weighted by Gasteiger charge is 2.21. The van der Waals surface area contributed by atoms with Crippen molar-refractivity contribution in [1.29, 1.82) is 0 Å². The summed E-state index contributed by atoms with van der Waals surface area (Å²) in [5.74, 6) is 5.91. The molecule has 1 saturated carbocycles. The van der Waals surface area contributed by atoms with Gasteiger partial charge in [-0.05, 0) is 79.3 Å². The molecule has 2 aromatic carbocycles. The Labute approximate surface area is 180 Å². The molecule has 0 bridgehead atoms. The first-order valence-electron chi connectivity index (χ1n) is 11.4. The predicted octanol–water partition coefficient (Wildman–Crippen LogP) is 8.25. The fraction of sp³-hybridized carbons (Fsp3) is 0.429. The lowest BCUT2D eigenvalue weighted by Crippen LogP contribution is -2.13. The Morgan fingerprint density at radius 2 is 1.57 bits per heavy atom. The fourth-order valence-electron chi connectivity index (χ4n) is 4.36. The van der Waals surface area contributed by atoms with E-state index in [-0.39, 0.29) is 5.56 Å². The van der Waals surface area contributed by atoms with Gasteiger partial charge in [0.25, 0.3) is 0 Å². The highest BCUT2D eigenvalue weighted by Crippen LogP contribution is 2.37. The van der Waals surface area contributed by atoms with Crippen molar-refractivity contribution in [2.45, 2.75) is 71.1 Å². The van der Waals surface area contributed by atoms with Crippen molar-refractivity contribution < 1.29 is 8.78 Å². The van der Waals surface area contributed by atoms with Gasteiger partial charge in [0.05, 0.1) is 5.56 Å². The number of hydrogen-bond acceptors (Lipinski definition) is 0. The molecule has 0 aliphatic heterocycles. The molecular weight excluding hydrogens is 374 g/mol. The molecule has 0 heterocycles. The van der Waals surface area contributed by atoms with Crippen LogP contribution in [-0.2, 0) is 0 Å². The molecule has 1 aliphatic carbocycles. The summed E-state index contributed by atoms with van der Waals surface area (Å²) < 4.78 is 28.7. The molecule has 30 heavy (non-hydrogen) atoms. The van der Waals surface area contributed by atoms with Crippen LogP contribution >= 0.6 is 0 Å². The zero-order chi connectivity index (χ0) is 21.3. The van der Waals surface area contributed by atoms with Crippen molar-refractivity contribution in [1.82, 2.24) is 0 Å². The quantitative estimate of drug-likeness (QED) is 0.424. The normalized spacial score (nSPS) is 18.9. The van der Waals surface area contributed by atoms with Crippen molar-refractivity contribution in [2.24, 2.45) is 5.92 Å². The van der Waals surface area contributed by atoms with Gasteiger partial charge in [0, 0.05) is 5.56 Å². The summed E-state index contributed by atoms with van der Waals surface area (Å²) in [6, 6.07) is 10.9. The van der Waals surface area contributed by atoms with E-state index in [0.717, 1.165) is 24.3 Å². The molecule has 158 valence electrons. The van der Waals surface area contributed by atoms with Gasteiger partial charge >= 0.3 is 0 Å². The van der Waals surface area contributed by atoms with Crippen molar-refractivity contribution >= 4 is 6.08 Å². The van der Waals surface area contributed by atoms with Crippen molar-refractivity contribution in [3.05, 3.63) is 76.4 Å². The maximum absolute atomic E-state index is 14.3. The highest BCUT2D eigenvalue weighted by molar-refractivity contribution is 5.53. The summed E-state index contributed by atoms with van der Waals surface area (Å²) in [6.07, 6.45) is 13.4. The lowest BCUT2D eigenvalue weighted by molar-refractivity contribution is 0.308. The summed E-state index contributed by atoms with van der Waals surface area (Å²) in [5.41, 5.74) is 2.50. The van der Waals surface area contributed by atoms with Gasteiger partial charge < -0.3 is 0 Å². The molecule has 1 aliphatic rings. The van der Waals surface area contributed by atoms with Gasteiger partial charge in [-0.3, -0.25) is 0 Å². The molecule has 0 atom stereocenters. The molecule has 2 heteroatoms. The van der Waals surface area contributed by atoms with Crippen LogP contribution in [0.2, 0.25) is 0 Å². The van der Waals surface area contributed by atoms with Crippen LogP contribution in [-0.4, -0.2) is 0 Å². The average Bonchev–Trinajstić information content (AvgIpc) is 2.75. The number of allylic oxidation sites excluding steroid dienone is 1. The van der Waals surface area contributed by atoms with E-state index in [4.69, 9.17) is 0 Å². The SMILES string of the molecule is CCC/C=C/c1cc(F)c(C#Cc2ccc(C3CCC(CCC)CC3)cc2)c(F)c1. The fourth-order valence-corrected chi connectivity index (χ4v) is 4.36. The van der Waals surface area contributed by atoms with Gasteiger partial charge in [0.15, 0.2) is 0 Å². The van der Waals surface area contributed by atoms with Crippen LogP contribution in [0.25, 0.3) is 6.08 Å².